The van der Waals surface area contributed by atoms with Gasteiger partial charge in [0.05, 0.1) is 0 Å². The van der Waals surface area contributed by atoms with Crippen LogP contribution in [-0.4, -0.2) is 49.4 Å². The van der Waals surface area contributed by atoms with Crippen LogP contribution >= 0.6 is 0 Å². The van der Waals surface area contributed by atoms with Crippen molar-refractivity contribution in [3.05, 3.63) is 33.4 Å². The summed E-state index contributed by atoms with van der Waals surface area (Å²) in [4.78, 5) is 16.9. The monoisotopic (exact) mass is 288 g/mol. The number of hydrogen-bond acceptors (Lipinski definition) is 2. The minimum absolute atomic E-state index is 0.177. The smallest absolute Gasteiger partial charge is 0.254 e. The fraction of sp³-hybridized carbons (Fsp3) is 0.611. The van der Waals surface area contributed by atoms with E-state index in [0.717, 1.165) is 17.7 Å². The Bertz CT molecular complexity index is 590. The molecule has 116 valence electrons. The van der Waals surface area contributed by atoms with Gasteiger partial charge in [-0.1, -0.05) is 0 Å². The van der Waals surface area contributed by atoms with Crippen LogP contribution in [0.25, 0.3) is 0 Å². The van der Waals surface area contributed by atoms with E-state index in [1.54, 1.807) is 0 Å². The van der Waals surface area contributed by atoms with Crippen molar-refractivity contribution < 1.29 is 4.79 Å². The second-order valence-corrected chi connectivity index (χ2v) is 6.81. The fourth-order valence-corrected chi connectivity index (χ4v) is 3.59. The normalized spacial score (nSPS) is 22.0. The van der Waals surface area contributed by atoms with Crippen molar-refractivity contribution >= 4 is 5.91 Å². The molecule has 2 rings (SSSR count). The minimum atomic E-state index is 0.177. The summed E-state index contributed by atoms with van der Waals surface area (Å²) in [5.41, 5.74) is 7.27. The van der Waals surface area contributed by atoms with Crippen LogP contribution in [0, 0.1) is 27.7 Å². The zero-order chi connectivity index (χ0) is 16.1. The van der Waals surface area contributed by atoms with Gasteiger partial charge in [-0.05, 0) is 76.5 Å². The molecule has 3 heteroatoms. The standard InChI is InChI=1S/C18H28N2O/c1-10-11(2)13(4)17-16(12(10)3)15(9-19(6)7)14(5)20(8)18(17)21/h14-15H,9H2,1-8H3. The summed E-state index contributed by atoms with van der Waals surface area (Å²) in [6, 6.07) is 0.229. The van der Waals surface area contributed by atoms with Crippen molar-refractivity contribution in [3.8, 4) is 0 Å². The topological polar surface area (TPSA) is 23.6 Å². The molecule has 1 aliphatic heterocycles. The first-order valence-corrected chi connectivity index (χ1v) is 7.70. The van der Waals surface area contributed by atoms with Crippen molar-refractivity contribution in [3.63, 3.8) is 0 Å². The van der Waals surface area contributed by atoms with Crippen LogP contribution in [0.15, 0.2) is 0 Å². The molecule has 21 heavy (non-hydrogen) atoms. The van der Waals surface area contributed by atoms with Crippen LogP contribution in [0.2, 0.25) is 0 Å². The highest BCUT2D eigenvalue weighted by atomic mass is 16.2. The molecular weight excluding hydrogens is 260 g/mol. The number of hydrogen-bond donors (Lipinski definition) is 0. The zero-order valence-electron chi connectivity index (χ0n) is 14.7. The molecule has 0 bridgehead atoms. The van der Waals surface area contributed by atoms with E-state index in [2.05, 4.69) is 53.6 Å². The van der Waals surface area contributed by atoms with Gasteiger partial charge < -0.3 is 9.80 Å². The lowest BCUT2D eigenvalue weighted by Crippen LogP contribution is -2.47. The Kier molecular flexibility index (Phi) is 4.16. The van der Waals surface area contributed by atoms with Crippen molar-refractivity contribution in [2.75, 3.05) is 27.7 Å². The third kappa shape index (κ3) is 2.38. The van der Waals surface area contributed by atoms with Gasteiger partial charge in [0, 0.05) is 31.1 Å². The van der Waals surface area contributed by atoms with Gasteiger partial charge in [0.1, 0.15) is 0 Å². The Morgan fingerprint density at radius 2 is 1.52 bits per heavy atom. The number of rotatable bonds is 2. The molecule has 0 spiro atoms. The number of benzene rings is 1. The Hall–Kier alpha value is -1.35. The first-order chi connectivity index (χ1) is 9.68. The SMILES string of the molecule is Cc1c(C)c(C)c2c(c1C)C(=O)N(C)C(C)C2CN(C)C. The first kappa shape index (κ1) is 16.0. The Labute approximate surface area is 128 Å². The van der Waals surface area contributed by atoms with Crippen LogP contribution in [-0.2, 0) is 0 Å². The lowest BCUT2D eigenvalue weighted by molar-refractivity contribution is 0.0676. The molecule has 0 saturated carbocycles. The molecular formula is C18H28N2O. The highest BCUT2D eigenvalue weighted by molar-refractivity contribution is 5.99. The van der Waals surface area contributed by atoms with E-state index in [1.807, 2.05) is 11.9 Å². The summed E-state index contributed by atoms with van der Waals surface area (Å²) in [5.74, 6) is 0.548. The Morgan fingerprint density at radius 3 is 2.05 bits per heavy atom. The van der Waals surface area contributed by atoms with Gasteiger partial charge in [-0.25, -0.2) is 0 Å². The maximum absolute atomic E-state index is 12.8. The van der Waals surface area contributed by atoms with E-state index in [-0.39, 0.29) is 11.9 Å². The molecule has 1 aromatic carbocycles. The summed E-state index contributed by atoms with van der Waals surface area (Å²) in [6.07, 6.45) is 0. The van der Waals surface area contributed by atoms with Crippen LogP contribution in [0.5, 0.6) is 0 Å². The highest BCUT2D eigenvalue weighted by Crippen LogP contribution is 2.39. The molecule has 1 amide bonds. The molecule has 0 radical (unpaired) electrons. The van der Waals surface area contributed by atoms with Crippen molar-refractivity contribution in [1.82, 2.24) is 9.80 Å². The number of amides is 1. The fourth-order valence-electron chi connectivity index (χ4n) is 3.59. The van der Waals surface area contributed by atoms with Crippen LogP contribution in [0.3, 0.4) is 0 Å². The Balaban J connectivity index is 2.77. The summed E-state index contributed by atoms with van der Waals surface area (Å²) in [7, 11) is 6.14. The number of likely N-dealkylation sites (N-methyl/N-ethyl adjacent to an activating group) is 2. The van der Waals surface area contributed by atoms with Gasteiger partial charge in [0.15, 0.2) is 0 Å². The predicted molar refractivity (Wildman–Crippen MR) is 88.2 cm³/mol. The van der Waals surface area contributed by atoms with Gasteiger partial charge in [-0.3, -0.25) is 4.79 Å². The van der Waals surface area contributed by atoms with E-state index >= 15 is 0 Å². The van der Waals surface area contributed by atoms with Gasteiger partial charge in [-0.15, -0.1) is 0 Å². The van der Waals surface area contributed by atoms with Crippen molar-refractivity contribution in [2.45, 2.75) is 46.6 Å². The summed E-state index contributed by atoms with van der Waals surface area (Å²) in [5, 5.41) is 0. The van der Waals surface area contributed by atoms with E-state index in [1.165, 1.54) is 22.3 Å². The maximum Gasteiger partial charge on any atom is 0.254 e. The summed E-state index contributed by atoms with van der Waals surface area (Å²) >= 11 is 0. The molecule has 0 saturated heterocycles. The molecule has 3 nitrogen and oxygen atoms in total. The average molecular weight is 288 g/mol. The molecule has 2 unspecified atom stereocenters. The molecule has 1 aliphatic rings. The maximum atomic E-state index is 12.8. The number of carbonyl (C=O) groups is 1. The van der Waals surface area contributed by atoms with Crippen LogP contribution in [0.1, 0.15) is 51.0 Å². The largest absolute Gasteiger partial charge is 0.338 e. The highest BCUT2D eigenvalue weighted by Gasteiger charge is 2.38. The van der Waals surface area contributed by atoms with E-state index in [4.69, 9.17) is 0 Å². The number of nitrogens with zero attached hydrogens (tertiary/aromatic N) is 2. The van der Waals surface area contributed by atoms with Gasteiger partial charge >= 0.3 is 0 Å². The number of carbonyl (C=O) groups excluding carboxylic acids is 1. The van der Waals surface area contributed by atoms with Crippen molar-refractivity contribution in [2.24, 2.45) is 0 Å². The first-order valence-electron chi connectivity index (χ1n) is 7.70. The van der Waals surface area contributed by atoms with E-state index < -0.39 is 0 Å². The molecule has 0 fully saturated rings. The molecule has 1 heterocycles. The minimum Gasteiger partial charge on any atom is -0.338 e. The number of fused-ring (bicyclic) bond motifs is 1. The van der Waals surface area contributed by atoms with Crippen molar-refractivity contribution in [1.29, 1.82) is 0 Å². The quantitative estimate of drug-likeness (QED) is 0.835. The lowest BCUT2D eigenvalue weighted by Gasteiger charge is -2.41. The predicted octanol–water partition coefficient (Wildman–Crippen LogP) is 3.04. The molecule has 0 aliphatic carbocycles. The van der Waals surface area contributed by atoms with Gasteiger partial charge in [0.25, 0.3) is 5.91 Å². The van der Waals surface area contributed by atoms with E-state index in [0.29, 0.717) is 5.92 Å². The molecule has 1 aromatic rings. The van der Waals surface area contributed by atoms with Crippen LogP contribution in [0.4, 0.5) is 0 Å². The molecule has 0 aromatic heterocycles. The lowest BCUT2D eigenvalue weighted by atomic mass is 9.76. The zero-order valence-corrected chi connectivity index (χ0v) is 14.7. The second kappa shape index (κ2) is 5.45. The van der Waals surface area contributed by atoms with E-state index in [9.17, 15) is 4.79 Å². The summed E-state index contributed by atoms with van der Waals surface area (Å²) in [6.45, 7) is 11.7. The molecule has 0 N–H and O–H groups in total. The van der Waals surface area contributed by atoms with Crippen LogP contribution < -0.4 is 0 Å². The Morgan fingerprint density at radius 1 is 1.00 bits per heavy atom. The van der Waals surface area contributed by atoms with Gasteiger partial charge in [-0.2, -0.15) is 0 Å². The third-order valence-electron chi connectivity index (χ3n) is 5.40. The summed E-state index contributed by atoms with van der Waals surface area (Å²) < 4.78 is 0. The average Bonchev–Trinajstić information content (AvgIpc) is 2.42. The van der Waals surface area contributed by atoms with Gasteiger partial charge in [0.2, 0.25) is 0 Å². The third-order valence-corrected chi connectivity index (χ3v) is 5.40. The second-order valence-electron chi connectivity index (χ2n) is 6.81. The molecule has 2 atom stereocenters.